The maximum absolute atomic E-state index is 12.0. The molecule has 2 aromatic carbocycles. The summed E-state index contributed by atoms with van der Waals surface area (Å²) in [6, 6.07) is 15.5. The van der Waals surface area contributed by atoms with Gasteiger partial charge < -0.3 is 16.8 Å². The van der Waals surface area contributed by atoms with Gasteiger partial charge >= 0.3 is 0 Å². The quantitative estimate of drug-likeness (QED) is 0.769. The van der Waals surface area contributed by atoms with E-state index in [2.05, 4.69) is 5.32 Å². The molecule has 0 aliphatic carbocycles. The second-order valence-electron chi connectivity index (χ2n) is 4.67. The Morgan fingerprint density at radius 1 is 1.00 bits per heavy atom. The van der Waals surface area contributed by atoms with Gasteiger partial charge in [-0.15, -0.1) is 0 Å². The highest BCUT2D eigenvalue weighted by molar-refractivity contribution is 5.99. The molecule has 21 heavy (non-hydrogen) atoms. The normalized spacial score (nSPS) is 11.7. The fourth-order valence-electron chi connectivity index (χ4n) is 1.94. The molecule has 0 spiro atoms. The lowest BCUT2D eigenvalue weighted by molar-refractivity contribution is 0.0951. The number of benzene rings is 2. The molecule has 0 heterocycles. The number of nitrogens with two attached hydrogens (primary N) is 2. The van der Waals surface area contributed by atoms with Crippen LogP contribution in [0, 0.1) is 0 Å². The molecule has 5 heteroatoms. The molecule has 0 fully saturated rings. The Morgan fingerprint density at radius 2 is 1.67 bits per heavy atom. The molecule has 0 saturated carbocycles. The van der Waals surface area contributed by atoms with Crippen molar-refractivity contribution < 1.29 is 9.59 Å². The Labute approximate surface area is 123 Å². The van der Waals surface area contributed by atoms with Crippen molar-refractivity contribution in [1.29, 1.82) is 0 Å². The number of nitrogens with one attached hydrogen (secondary N) is 1. The second kappa shape index (κ2) is 6.67. The predicted octanol–water partition coefficient (Wildman–Crippen LogP) is 1.22. The lowest BCUT2D eigenvalue weighted by Crippen LogP contribution is -2.32. The highest BCUT2D eigenvalue weighted by atomic mass is 16.2. The smallest absolute Gasteiger partial charge is 0.251 e. The maximum atomic E-state index is 12.0. The van der Waals surface area contributed by atoms with E-state index in [1.165, 1.54) is 6.07 Å². The zero-order valence-corrected chi connectivity index (χ0v) is 11.5. The minimum absolute atomic E-state index is 0.283. The van der Waals surface area contributed by atoms with E-state index in [-0.39, 0.29) is 11.9 Å². The number of carbonyl (C=O) groups excluding carboxylic acids is 2. The van der Waals surface area contributed by atoms with Crippen molar-refractivity contribution >= 4 is 11.8 Å². The lowest BCUT2D eigenvalue weighted by Gasteiger charge is -2.13. The molecule has 5 N–H and O–H groups in total. The average molecular weight is 283 g/mol. The van der Waals surface area contributed by atoms with Crippen molar-refractivity contribution in [2.45, 2.75) is 6.04 Å². The molecule has 0 aliphatic heterocycles. The van der Waals surface area contributed by atoms with Crippen LogP contribution >= 0.6 is 0 Å². The van der Waals surface area contributed by atoms with Crippen molar-refractivity contribution in [1.82, 2.24) is 5.32 Å². The average Bonchev–Trinajstić information content (AvgIpc) is 2.53. The summed E-state index contributed by atoms with van der Waals surface area (Å²) in [5.41, 5.74) is 12.8. The zero-order valence-electron chi connectivity index (χ0n) is 11.5. The number of primary amides is 1. The highest BCUT2D eigenvalue weighted by Gasteiger charge is 2.11. The first kappa shape index (κ1) is 14.7. The third-order valence-electron chi connectivity index (χ3n) is 3.12. The highest BCUT2D eigenvalue weighted by Crippen LogP contribution is 2.09. The van der Waals surface area contributed by atoms with Crippen LogP contribution < -0.4 is 16.8 Å². The molecule has 1 atom stereocenters. The fraction of sp³-hybridized carbons (Fsp3) is 0.125. The summed E-state index contributed by atoms with van der Waals surface area (Å²) in [6.07, 6.45) is 0. The zero-order chi connectivity index (χ0) is 15.2. The molecule has 2 amide bonds. The molecule has 1 unspecified atom stereocenters. The van der Waals surface area contributed by atoms with Crippen molar-refractivity contribution in [3.05, 3.63) is 71.3 Å². The molecule has 5 nitrogen and oxygen atoms in total. The molecule has 108 valence electrons. The van der Waals surface area contributed by atoms with Gasteiger partial charge in [-0.25, -0.2) is 0 Å². The van der Waals surface area contributed by atoms with Gasteiger partial charge in [0, 0.05) is 23.7 Å². The minimum atomic E-state index is -0.564. The first-order chi connectivity index (χ1) is 10.1. The van der Waals surface area contributed by atoms with Gasteiger partial charge in [0.05, 0.1) is 0 Å². The summed E-state index contributed by atoms with van der Waals surface area (Å²) in [4.78, 5) is 23.1. The van der Waals surface area contributed by atoms with E-state index in [0.29, 0.717) is 17.7 Å². The van der Waals surface area contributed by atoms with E-state index in [0.717, 1.165) is 5.56 Å². The van der Waals surface area contributed by atoms with Crippen molar-refractivity contribution in [2.24, 2.45) is 11.5 Å². The van der Waals surface area contributed by atoms with Crippen molar-refractivity contribution in [3.8, 4) is 0 Å². The first-order valence-corrected chi connectivity index (χ1v) is 6.56. The molecular weight excluding hydrogens is 266 g/mol. The van der Waals surface area contributed by atoms with E-state index in [4.69, 9.17) is 11.5 Å². The Morgan fingerprint density at radius 3 is 2.33 bits per heavy atom. The van der Waals surface area contributed by atoms with Crippen LogP contribution in [0.1, 0.15) is 32.3 Å². The van der Waals surface area contributed by atoms with Gasteiger partial charge in [0.1, 0.15) is 0 Å². The molecule has 2 rings (SSSR count). The third-order valence-corrected chi connectivity index (χ3v) is 3.12. The number of amides is 2. The van der Waals surface area contributed by atoms with Crippen LogP contribution in [0.4, 0.5) is 0 Å². The molecular formula is C16H17N3O2. The van der Waals surface area contributed by atoms with Crippen LogP contribution in [0.15, 0.2) is 54.6 Å². The van der Waals surface area contributed by atoms with E-state index < -0.39 is 5.91 Å². The largest absolute Gasteiger partial charge is 0.366 e. The predicted molar refractivity (Wildman–Crippen MR) is 80.7 cm³/mol. The van der Waals surface area contributed by atoms with Gasteiger partial charge in [0.2, 0.25) is 5.91 Å². The van der Waals surface area contributed by atoms with Crippen LogP contribution in [-0.2, 0) is 0 Å². The summed E-state index contributed by atoms with van der Waals surface area (Å²) in [6.45, 7) is 0.309. The van der Waals surface area contributed by atoms with Crippen LogP contribution in [0.2, 0.25) is 0 Å². The molecule has 0 aliphatic rings. The summed E-state index contributed by atoms with van der Waals surface area (Å²) < 4.78 is 0. The monoisotopic (exact) mass is 283 g/mol. The third kappa shape index (κ3) is 3.90. The summed E-state index contributed by atoms with van der Waals surface area (Å²) in [7, 11) is 0. The first-order valence-electron chi connectivity index (χ1n) is 6.56. The fourth-order valence-corrected chi connectivity index (χ4v) is 1.94. The van der Waals surface area contributed by atoms with Crippen molar-refractivity contribution in [3.63, 3.8) is 0 Å². The molecule has 2 aromatic rings. The summed E-state index contributed by atoms with van der Waals surface area (Å²) in [5.74, 6) is -0.852. The second-order valence-corrected chi connectivity index (χ2v) is 4.67. The van der Waals surface area contributed by atoms with Gasteiger partial charge in [0.15, 0.2) is 0 Å². The van der Waals surface area contributed by atoms with E-state index >= 15 is 0 Å². The molecule has 0 radical (unpaired) electrons. The molecule has 0 aromatic heterocycles. The Hall–Kier alpha value is -2.66. The topological polar surface area (TPSA) is 98.2 Å². The van der Waals surface area contributed by atoms with Gasteiger partial charge in [-0.3, -0.25) is 9.59 Å². The SMILES string of the molecule is NC(=O)c1cccc(C(=O)NCC(N)c2ccccc2)c1. The van der Waals surface area contributed by atoms with Crippen LogP contribution in [-0.4, -0.2) is 18.4 Å². The minimum Gasteiger partial charge on any atom is -0.366 e. The van der Waals surface area contributed by atoms with E-state index in [1.54, 1.807) is 18.2 Å². The number of rotatable bonds is 5. The van der Waals surface area contributed by atoms with E-state index in [9.17, 15) is 9.59 Å². The van der Waals surface area contributed by atoms with Gasteiger partial charge in [0.25, 0.3) is 5.91 Å². The summed E-state index contributed by atoms with van der Waals surface area (Å²) in [5, 5.41) is 2.75. The van der Waals surface area contributed by atoms with Crippen LogP contribution in [0.3, 0.4) is 0 Å². The number of carbonyl (C=O) groups is 2. The molecule has 0 saturated heterocycles. The Bertz CT molecular complexity index is 641. The molecule has 0 bridgehead atoms. The Balaban J connectivity index is 1.99. The van der Waals surface area contributed by atoms with Gasteiger partial charge in [-0.1, -0.05) is 36.4 Å². The van der Waals surface area contributed by atoms with E-state index in [1.807, 2.05) is 30.3 Å². The van der Waals surface area contributed by atoms with Crippen LogP contribution in [0.5, 0.6) is 0 Å². The lowest BCUT2D eigenvalue weighted by atomic mass is 10.1. The number of hydrogen-bond acceptors (Lipinski definition) is 3. The summed E-state index contributed by atoms with van der Waals surface area (Å²) >= 11 is 0. The van der Waals surface area contributed by atoms with Crippen LogP contribution in [0.25, 0.3) is 0 Å². The number of hydrogen-bond donors (Lipinski definition) is 3. The van der Waals surface area contributed by atoms with Gasteiger partial charge in [-0.05, 0) is 23.8 Å². The Kier molecular flexibility index (Phi) is 4.68. The maximum Gasteiger partial charge on any atom is 0.251 e. The van der Waals surface area contributed by atoms with Gasteiger partial charge in [-0.2, -0.15) is 0 Å². The van der Waals surface area contributed by atoms with Crippen molar-refractivity contribution in [2.75, 3.05) is 6.54 Å². The standard InChI is InChI=1S/C16H17N3O2/c17-14(11-5-2-1-3-6-11)10-19-16(21)13-8-4-7-12(9-13)15(18)20/h1-9,14H,10,17H2,(H2,18,20)(H,19,21).